The minimum atomic E-state index is -1.51. The van der Waals surface area contributed by atoms with Gasteiger partial charge in [-0.1, -0.05) is 0 Å². The molecule has 0 radical (unpaired) electrons. The summed E-state index contributed by atoms with van der Waals surface area (Å²) in [5, 5.41) is 4.57. The minimum Gasteiger partial charge on any atom is -0.372 e. The van der Waals surface area contributed by atoms with Crippen LogP contribution in [0.25, 0.3) is 11.3 Å². The molecule has 5 heterocycles. The highest BCUT2D eigenvalue weighted by Crippen LogP contribution is 2.46. The zero-order valence-corrected chi connectivity index (χ0v) is 16.6. The van der Waals surface area contributed by atoms with Gasteiger partial charge in [-0.25, -0.2) is 4.79 Å². The van der Waals surface area contributed by atoms with E-state index in [0.717, 1.165) is 16.9 Å². The fourth-order valence-electron chi connectivity index (χ4n) is 4.97. The maximum Gasteiger partial charge on any atom is 0.328 e. The van der Waals surface area contributed by atoms with Gasteiger partial charge in [0.15, 0.2) is 5.41 Å². The molecule has 5 rings (SSSR count). The van der Waals surface area contributed by atoms with Crippen LogP contribution in [0.15, 0.2) is 36.7 Å². The number of morpholine rings is 1. The summed E-state index contributed by atoms with van der Waals surface area (Å²) in [6, 6.07) is 6.26. The summed E-state index contributed by atoms with van der Waals surface area (Å²) < 4.78 is 6.00. The molecule has 2 saturated heterocycles. The molecule has 2 fully saturated rings. The Morgan fingerprint density at radius 1 is 1.07 bits per heavy atom. The first-order chi connectivity index (χ1) is 14.4. The Morgan fingerprint density at radius 3 is 2.47 bits per heavy atom. The molecule has 9 nitrogen and oxygen atoms in total. The molecule has 2 aromatic rings. The van der Waals surface area contributed by atoms with Crippen LogP contribution in [0.3, 0.4) is 0 Å². The summed E-state index contributed by atoms with van der Waals surface area (Å²) >= 11 is 0. The number of hydrogen-bond donors (Lipinski definition) is 2. The first-order valence-corrected chi connectivity index (χ1v) is 9.89. The fraction of sp³-hybridized carbons (Fsp3) is 0.381. The van der Waals surface area contributed by atoms with Crippen LogP contribution in [0.4, 0.5) is 10.5 Å². The number of carbonyl (C=O) groups is 3. The van der Waals surface area contributed by atoms with E-state index in [2.05, 4.69) is 15.6 Å². The second-order valence-corrected chi connectivity index (χ2v) is 8.03. The smallest absolute Gasteiger partial charge is 0.328 e. The number of carbonyl (C=O) groups excluding carboxylic acids is 3. The van der Waals surface area contributed by atoms with E-state index in [1.165, 1.54) is 0 Å². The normalized spacial score (nSPS) is 27.2. The van der Waals surface area contributed by atoms with Gasteiger partial charge in [-0.15, -0.1) is 0 Å². The second-order valence-electron chi connectivity index (χ2n) is 8.03. The van der Waals surface area contributed by atoms with Gasteiger partial charge in [-0.3, -0.25) is 30.2 Å². The number of nitrogens with one attached hydrogen (secondary N) is 2. The van der Waals surface area contributed by atoms with Crippen molar-refractivity contribution in [2.24, 2.45) is 5.41 Å². The summed E-state index contributed by atoms with van der Waals surface area (Å²) in [5.41, 5.74) is 1.63. The van der Waals surface area contributed by atoms with Gasteiger partial charge in [0.1, 0.15) is 0 Å². The molecule has 2 aromatic heterocycles. The van der Waals surface area contributed by atoms with Crippen molar-refractivity contribution in [2.75, 3.05) is 11.4 Å². The molecule has 9 heteroatoms. The van der Waals surface area contributed by atoms with Crippen molar-refractivity contribution in [2.45, 2.75) is 38.5 Å². The third kappa shape index (κ3) is 2.62. The zero-order valence-electron chi connectivity index (χ0n) is 16.6. The Morgan fingerprint density at radius 2 is 1.77 bits per heavy atom. The van der Waals surface area contributed by atoms with Crippen LogP contribution >= 0.6 is 0 Å². The van der Waals surface area contributed by atoms with Crippen molar-refractivity contribution >= 4 is 23.5 Å². The SMILES string of the molecule is C[C@@H]1CN2c3ccc(-c4ccncc4)nc3CC3(C(=O)NC(=O)NC3=O)[C@H]2[C@H](C)O1. The number of nitrogens with zero attached hydrogens (tertiary/aromatic N) is 3. The number of barbiturate groups is 1. The fourth-order valence-corrected chi connectivity index (χ4v) is 4.97. The summed E-state index contributed by atoms with van der Waals surface area (Å²) in [6.45, 7) is 4.32. The van der Waals surface area contributed by atoms with Crippen LogP contribution in [0, 0.1) is 5.41 Å². The van der Waals surface area contributed by atoms with Gasteiger partial charge in [0.2, 0.25) is 11.8 Å². The van der Waals surface area contributed by atoms with Gasteiger partial charge >= 0.3 is 6.03 Å². The lowest BCUT2D eigenvalue weighted by Crippen LogP contribution is -2.75. The highest BCUT2D eigenvalue weighted by molar-refractivity contribution is 6.20. The lowest BCUT2D eigenvalue weighted by atomic mass is 9.67. The highest BCUT2D eigenvalue weighted by Gasteiger charge is 2.63. The maximum absolute atomic E-state index is 13.1. The molecule has 0 unspecified atom stereocenters. The predicted molar refractivity (Wildman–Crippen MR) is 106 cm³/mol. The van der Waals surface area contributed by atoms with E-state index in [1.807, 2.05) is 43.0 Å². The van der Waals surface area contributed by atoms with E-state index in [9.17, 15) is 14.4 Å². The van der Waals surface area contributed by atoms with Gasteiger partial charge in [0.25, 0.3) is 0 Å². The summed E-state index contributed by atoms with van der Waals surface area (Å²) in [7, 11) is 0. The summed E-state index contributed by atoms with van der Waals surface area (Å²) in [6.07, 6.45) is 2.97. The number of rotatable bonds is 1. The number of anilines is 1. The lowest BCUT2D eigenvalue weighted by Gasteiger charge is -2.55. The van der Waals surface area contributed by atoms with Crippen molar-refractivity contribution < 1.29 is 19.1 Å². The average Bonchev–Trinajstić information content (AvgIpc) is 2.71. The molecule has 3 aliphatic rings. The Labute approximate surface area is 172 Å². The van der Waals surface area contributed by atoms with Gasteiger partial charge < -0.3 is 9.64 Å². The molecule has 1 spiro atoms. The van der Waals surface area contributed by atoms with E-state index in [1.54, 1.807) is 12.4 Å². The second kappa shape index (κ2) is 6.60. The van der Waals surface area contributed by atoms with Crippen molar-refractivity contribution in [3.63, 3.8) is 0 Å². The first-order valence-electron chi connectivity index (χ1n) is 9.89. The third-order valence-corrected chi connectivity index (χ3v) is 6.13. The van der Waals surface area contributed by atoms with Crippen LogP contribution in [-0.4, -0.2) is 52.6 Å². The number of urea groups is 1. The van der Waals surface area contributed by atoms with Gasteiger partial charge in [0, 0.05) is 30.9 Å². The molecule has 3 atom stereocenters. The summed E-state index contributed by atoms with van der Waals surface area (Å²) in [5.74, 6) is -1.23. The Balaban J connectivity index is 1.68. The Hall–Kier alpha value is -3.33. The monoisotopic (exact) mass is 407 g/mol. The molecule has 0 aliphatic carbocycles. The number of fused-ring (bicyclic) bond motifs is 4. The third-order valence-electron chi connectivity index (χ3n) is 6.13. The van der Waals surface area contributed by atoms with Crippen molar-refractivity contribution in [1.29, 1.82) is 0 Å². The molecule has 0 bridgehead atoms. The quantitative estimate of drug-likeness (QED) is 0.679. The van der Waals surface area contributed by atoms with Crippen LogP contribution in [0.5, 0.6) is 0 Å². The molecular weight excluding hydrogens is 386 g/mol. The highest BCUT2D eigenvalue weighted by atomic mass is 16.5. The number of ether oxygens (including phenoxy) is 1. The molecule has 4 amide bonds. The van der Waals surface area contributed by atoms with E-state index < -0.39 is 35.4 Å². The maximum atomic E-state index is 13.1. The van der Waals surface area contributed by atoms with Crippen LogP contribution in [0.2, 0.25) is 0 Å². The van der Waals surface area contributed by atoms with E-state index in [4.69, 9.17) is 9.72 Å². The summed E-state index contributed by atoms with van der Waals surface area (Å²) in [4.78, 5) is 48.9. The topological polar surface area (TPSA) is 114 Å². The standard InChI is InChI=1S/C21H21N5O4/c1-11-10-26-16-4-3-14(13-5-7-22-8-6-13)23-15(16)9-21(17(26)12(2)30-11)18(27)24-20(29)25-19(21)28/h3-8,11-12,17H,9-10H2,1-2H3,(H2,24,25,27,28,29)/t11-,12+,17-/m1/s1. The van der Waals surface area contributed by atoms with Gasteiger partial charge in [-0.2, -0.15) is 0 Å². The number of imide groups is 2. The van der Waals surface area contributed by atoms with Gasteiger partial charge in [0.05, 0.1) is 35.3 Å². The van der Waals surface area contributed by atoms with Crippen LogP contribution < -0.4 is 15.5 Å². The number of pyridine rings is 2. The molecule has 2 N–H and O–H groups in total. The van der Waals surface area contributed by atoms with Crippen LogP contribution in [-0.2, 0) is 20.7 Å². The van der Waals surface area contributed by atoms with E-state index >= 15 is 0 Å². The predicted octanol–water partition coefficient (Wildman–Crippen LogP) is 1.03. The Bertz CT molecular complexity index is 1040. The van der Waals surface area contributed by atoms with Crippen molar-refractivity contribution in [1.82, 2.24) is 20.6 Å². The van der Waals surface area contributed by atoms with Gasteiger partial charge in [-0.05, 0) is 38.1 Å². The molecule has 0 saturated carbocycles. The molecule has 154 valence electrons. The number of aromatic nitrogens is 2. The number of amides is 4. The molecule has 0 aromatic carbocycles. The average molecular weight is 407 g/mol. The Kier molecular flexibility index (Phi) is 4.11. The molecular formula is C21H21N5O4. The van der Waals surface area contributed by atoms with E-state index in [-0.39, 0.29) is 12.5 Å². The minimum absolute atomic E-state index is 0.0788. The molecule has 3 aliphatic heterocycles. The van der Waals surface area contributed by atoms with Crippen molar-refractivity contribution in [3.8, 4) is 11.3 Å². The lowest BCUT2D eigenvalue weighted by molar-refractivity contribution is -0.153. The molecule has 30 heavy (non-hydrogen) atoms. The largest absolute Gasteiger partial charge is 0.372 e. The van der Waals surface area contributed by atoms with Crippen LogP contribution in [0.1, 0.15) is 19.5 Å². The van der Waals surface area contributed by atoms with E-state index in [0.29, 0.717) is 12.2 Å². The zero-order chi connectivity index (χ0) is 21.0. The van der Waals surface area contributed by atoms with Crippen molar-refractivity contribution in [3.05, 3.63) is 42.4 Å². The number of hydrogen-bond acceptors (Lipinski definition) is 7. The first kappa shape index (κ1) is 18.7.